The van der Waals surface area contributed by atoms with Gasteiger partial charge in [-0.1, -0.05) is 49.2 Å². The number of Topliss-reactive ketones (excluding diaryl/α,β-unsaturated/α-hetero) is 1. The molecule has 0 amide bonds. The molecule has 2 heterocycles. The number of hydrogen-bond donors (Lipinski definition) is 1. The Hall–Kier alpha value is -5.65. The molecular weight excluding hydrogens is 910 g/mol. The molecule has 346 valence electrons. The number of aryl methyl sites for hydroxylation is 1. The first-order chi connectivity index (χ1) is 30.7. The van der Waals surface area contributed by atoms with Crippen molar-refractivity contribution in [1.82, 2.24) is 29.9 Å². The van der Waals surface area contributed by atoms with Crippen LogP contribution in [0.5, 0.6) is 23.5 Å². The first kappa shape index (κ1) is 52.0. The van der Waals surface area contributed by atoms with Crippen LogP contribution < -0.4 is 24.7 Å². The van der Waals surface area contributed by atoms with Crippen molar-refractivity contribution in [2.45, 2.75) is 64.8 Å². The second-order valence-electron chi connectivity index (χ2n) is 14.2. The van der Waals surface area contributed by atoms with E-state index in [4.69, 9.17) is 47.9 Å². The molecule has 6 rings (SSSR count). The number of rotatable bonds is 18. The van der Waals surface area contributed by atoms with Crippen LogP contribution in [0.1, 0.15) is 51.2 Å². The van der Waals surface area contributed by atoms with Crippen LogP contribution in [-0.2, 0) is 22.5 Å². The van der Waals surface area contributed by atoms with Crippen molar-refractivity contribution in [3.8, 4) is 69.1 Å². The van der Waals surface area contributed by atoms with Crippen LogP contribution in [0, 0.1) is 0 Å². The third-order valence-corrected chi connectivity index (χ3v) is 10.3. The van der Waals surface area contributed by atoms with E-state index in [1.54, 1.807) is 48.5 Å². The van der Waals surface area contributed by atoms with Crippen molar-refractivity contribution in [1.29, 1.82) is 0 Å². The molecule has 0 spiro atoms. The van der Waals surface area contributed by atoms with Gasteiger partial charge in [0.05, 0.1) is 37.5 Å². The number of alkyl halides is 3. The molecule has 0 unspecified atom stereocenters. The zero-order chi connectivity index (χ0) is 46.4. The van der Waals surface area contributed by atoms with Gasteiger partial charge in [-0.2, -0.15) is 33.1 Å². The second kappa shape index (κ2) is 24.0. The Morgan fingerprint density at radius 2 is 1.05 bits per heavy atom. The molecule has 0 radical (unpaired) electrons. The number of halogens is 6. The lowest BCUT2D eigenvalue weighted by Gasteiger charge is -2.28. The third kappa shape index (κ3) is 13.5. The highest BCUT2D eigenvalue weighted by Crippen LogP contribution is 2.36. The molecule has 19 heteroatoms. The number of ether oxygens (including phenoxy) is 5. The molecule has 0 saturated heterocycles. The minimum atomic E-state index is -4.83. The van der Waals surface area contributed by atoms with Crippen molar-refractivity contribution in [2.75, 3.05) is 34.5 Å². The maximum absolute atomic E-state index is 13.3. The van der Waals surface area contributed by atoms with E-state index in [0.29, 0.717) is 75.3 Å². The van der Waals surface area contributed by atoms with E-state index >= 15 is 0 Å². The van der Waals surface area contributed by atoms with Crippen LogP contribution >= 0.6 is 35.6 Å². The number of hydrogen-bond acceptors (Lipinski definition) is 13. The molecule has 1 atom stereocenters. The average Bonchev–Trinajstić information content (AvgIpc) is 3.31. The van der Waals surface area contributed by atoms with Crippen molar-refractivity contribution in [2.24, 2.45) is 5.73 Å². The second-order valence-corrected chi connectivity index (χ2v) is 15.0. The predicted molar refractivity (Wildman–Crippen MR) is 246 cm³/mol. The minimum absolute atomic E-state index is 0. The van der Waals surface area contributed by atoms with Gasteiger partial charge in [-0.25, -0.2) is 9.97 Å². The van der Waals surface area contributed by atoms with Crippen molar-refractivity contribution < 1.29 is 41.7 Å². The largest absolute Gasteiger partial charge is 0.494 e. The SMILES string of the molecule is CCCOc1ccc(-c2nc(OC)nc(-c3cc(CCC(=O)[C@@](C)(OC)C(F)(F)F)ccc3Cl)n2)cc1.CCCOc1ccc(-c2nc(OC)nc(-c3cc(CN)ccc3Cl)n2)cc1.Cl. The molecule has 0 fully saturated rings. The van der Waals surface area contributed by atoms with E-state index in [9.17, 15) is 18.0 Å². The van der Waals surface area contributed by atoms with E-state index in [1.165, 1.54) is 14.2 Å². The maximum atomic E-state index is 13.3. The highest BCUT2D eigenvalue weighted by atomic mass is 35.5. The molecule has 65 heavy (non-hydrogen) atoms. The van der Waals surface area contributed by atoms with Gasteiger partial charge in [0, 0.05) is 42.3 Å². The molecule has 0 bridgehead atoms. The van der Waals surface area contributed by atoms with E-state index < -0.39 is 17.6 Å². The number of aromatic nitrogens is 6. The van der Waals surface area contributed by atoms with Crippen LogP contribution in [0.25, 0.3) is 45.6 Å². The minimum Gasteiger partial charge on any atom is -0.494 e. The summed E-state index contributed by atoms with van der Waals surface area (Å²) in [6.45, 7) is 6.49. The summed E-state index contributed by atoms with van der Waals surface area (Å²) in [4.78, 5) is 38.8. The zero-order valence-electron chi connectivity index (χ0n) is 36.5. The normalized spacial score (nSPS) is 11.9. The molecular formula is C46H49Cl3F3N7O6. The van der Waals surface area contributed by atoms with Crippen LogP contribution in [0.3, 0.4) is 0 Å². The van der Waals surface area contributed by atoms with E-state index in [2.05, 4.69) is 41.6 Å². The van der Waals surface area contributed by atoms with Gasteiger partial charge in [0.15, 0.2) is 29.1 Å². The number of methoxy groups -OCH3 is 3. The molecule has 4 aromatic carbocycles. The smallest absolute Gasteiger partial charge is 0.424 e. The van der Waals surface area contributed by atoms with Gasteiger partial charge in [0.1, 0.15) is 11.5 Å². The summed E-state index contributed by atoms with van der Waals surface area (Å²) in [5, 5.41) is 0.851. The summed E-state index contributed by atoms with van der Waals surface area (Å²) >= 11 is 12.8. The van der Waals surface area contributed by atoms with Crippen molar-refractivity contribution in [3.05, 3.63) is 106 Å². The fraction of sp³-hybridized carbons (Fsp3) is 0.326. The standard InChI is InChI=1S/C26H27ClF3N3O4.C20H21ClN4O2.ClH/c1-5-14-37-18-10-8-17(9-11-18)22-31-23(33-24(32-22)35-3)19-15-16(6-12-20(19)27)7-13-21(34)25(2,36-4)26(28,29)30;1-3-10-27-15-7-5-14(6-8-15)18-23-19(25-20(24-18)26-2)16-11-13(12-22)4-9-17(16)21;/h6,8-12,15H,5,7,13-14H2,1-4H3;4-9,11H,3,10,12,22H2,1-2H3;1H/t25-;;/m1../s1. The number of benzene rings is 4. The Morgan fingerprint density at radius 3 is 1.43 bits per heavy atom. The summed E-state index contributed by atoms with van der Waals surface area (Å²) in [5.74, 6) is 1.92. The molecule has 13 nitrogen and oxygen atoms in total. The average molecular weight is 959 g/mol. The van der Waals surface area contributed by atoms with Crippen LogP contribution in [0.15, 0.2) is 84.9 Å². The summed E-state index contributed by atoms with van der Waals surface area (Å²) < 4.78 is 66.3. The fourth-order valence-electron chi connectivity index (χ4n) is 5.89. The Kier molecular flexibility index (Phi) is 19.2. The van der Waals surface area contributed by atoms with Crippen LogP contribution in [-0.4, -0.2) is 82.0 Å². The molecule has 6 aromatic rings. The van der Waals surface area contributed by atoms with Crippen LogP contribution in [0.2, 0.25) is 10.0 Å². The molecule has 2 aromatic heterocycles. The van der Waals surface area contributed by atoms with Gasteiger partial charge in [0.2, 0.25) is 5.60 Å². The number of nitrogens with zero attached hydrogens (tertiary/aromatic N) is 6. The van der Waals surface area contributed by atoms with Crippen molar-refractivity contribution in [3.63, 3.8) is 0 Å². The van der Waals surface area contributed by atoms with E-state index in [-0.39, 0.29) is 43.1 Å². The summed E-state index contributed by atoms with van der Waals surface area (Å²) in [6, 6.07) is 25.5. The van der Waals surface area contributed by atoms with E-state index in [0.717, 1.165) is 43.8 Å². The van der Waals surface area contributed by atoms with Gasteiger partial charge < -0.3 is 29.4 Å². The number of nitrogens with two attached hydrogens (primary N) is 1. The lowest BCUT2D eigenvalue weighted by molar-refractivity contribution is -0.252. The van der Waals surface area contributed by atoms with Crippen molar-refractivity contribution >= 4 is 41.4 Å². The van der Waals surface area contributed by atoms with Gasteiger partial charge in [-0.3, -0.25) is 4.79 Å². The summed E-state index contributed by atoms with van der Waals surface area (Å²) in [7, 11) is 3.80. The lowest BCUT2D eigenvalue weighted by Crippen LogP contribution is -2.51. The Bertz CT molecular complexity index is 2500. The lowest BCUT2D eigenvalue weighted by atomic mass is 9.94. The topological polar surface area (TPSA) is 167 Å². The Labute approximate surface area is 391 Å². The van der Waals surface area contributed by atoms with Gasteiger partial charge in [-0.05, 0) is 110 Å². The molecule has 0 aliphatic rings. The van der Waals surface area contributed by atoms with Gasteiger partial charge >= 0.3 is 18.2 Å². The number of carbonyl (C=O) groups excluding carboxylic acids is 1. The molecule has 0 aliphatic carbocycles. The summed E-state index contributed by atoms with van der Waals surface area (Å²) in [6.07, 6.45) is -3.34. The zero-order valence-corrected chi connectivity index (χ0v) is 38.9. The fourth-order valence-corrected chi connectivity index (χ4v) is 6.29. The molecule has 0 saturated carbocycles. The predicted octanol–water partition coefficient (Wildman–Crippen LogP) is 10.7. The highest BCUT2D eigenvalue weighted by Gasteiger charge is 2.56. The van der Waals surface area contributed by atoms with Crippen LogP contribution in [0.4, 0.5) is 13.2 Å². The highest BCUT2D eigenvalue weighted by molar-refractivity contribution is 6.33. The summed E-state index contributed by atoms with van der Waals surface area (Å²) in [5.41, 5.74) is 6.99. The third-order valence-electron chi connectivity index (χ3n) is 9.67. The maximum Gasteiger partial charge on any atom is 0.424 e. The quantitative estimate of drug-likeness (QED) is 0.0865. The first-order valence-electron chi connectivity index (χ1n) is 20.2. The monoisotopic (exact) mass is 957 g/mol. The first-order valence-corrected chi connectivity index (χ1v) is 20.9. The van der Waals surface area contributed by atoms with Gasteiger partial charge in [0.25, 0.3) is 0 Å². The Morgan fingerprint density at radius 1 is 0.631 bits per heavy atom. The molecule has 2 N–H and O–H groups in total. The molecule has 0 aliphatic heterocycles. The number of ketones is 1. The van der Waals surface area contributed by atoms with E-state index in [1.807, 2.05) is 43.3 Å². The Balaban J connectivity index is 0.000000293. The van der Waals surface area contributed by atoms with Gasteiger partial charge in [-0.15, -0.1) is 12.4 Å². The number of carbonyl (C=O) groups is 1.